The minimum absolute atomic E-state index is 0.0634. The molecule has 3 rings (SSSR count). The zero-order valence-corrected chi connectivity index (χ0v) is 17.6. The standard InChI is InChI=1S/C23H24N2O5S/c26-23(25-27)22(24-16-15-18-7-3-1-4-8-18)17-31(28,29)21-13-11-20(12-14-21)30-19-9-5-2-6-10-19/h1-14,22,24,27H,15-17H2,(H,25,26). The fraction of sp³-hybridized carbons (Fsp3) is 0.174. The highest BCUT2D eigenvalue weighted by molar-refractivity contribution is 7.91. The second-order valence-corrected chi connectivity index (χ2v) is 8.92. The summed E-state index contributed by atoms with van der Waals surface area (Å²) in [6, 6.07) is 23.6. The first kappa shape index (κ1) is 22.5. The Morgan fingerprint density at radius 1 is 0.871 bits per heavy atom. The Labute approximate surface area is 181 Å². The number of hydroxylamine groups is 1. The number of carbonyl (C=O) groups is 1. The van der Waals surface area contributed by atoms with Gasteiger partial charge in [-0.25, -0.2) is 13.9 Å². The first-order valence-electron chi connectivity index (χ1n) is 9.75. The summed E-state index contributed by atoms with van der Waals surface area (Å²) in [6.45, 7) is 0.376. The van der Waals surface area contributed by atoms with Crippen LogP contribution in [-0.2, 0) is 21.1 Å². The topological polar surface area (TPSA) is 105 Å². The number of sulfone groups is 1. The van der Waals surface area contributed by atoms with Gasteiger partial charge in [0, 0.05) is 0 Å². The van der Waals surface area contributed by atoms with Crippen molar-refractivity contribution in [3.8, 4) is 11.5 Å². The maximum absolute atomic E-state index is 12.8. The van der Waals surface area contributed by atoms with E-state index in [-0.39, 0.29) is 4.90 Å². The number of para-hydroxylation sites is 1. The Kier molecular flexibility index (Phi) is 7.77. The summed E-state index contributed by atoms with van der Waals surface area (Å²) in [5.74, 6) is -0.163. The van der Waals surface area contributed by atoms with E-state index in [1.54, 1.807) is 24.3 Å². The SMILES string of the molecule is O=C(NO)C(CS(=O)(=O)c1ccc(Oc2ccccc2)cc1)NCCc1ccccc1. The average Bonchev–Trinajstić information content (AvgIpc) is 2.79. The summed E-state index contributed by atoms with van der Waals surface area (Å²) in [6.07, 6.45) is 0.613. The number of carbonyl (C=O) groups excluding carboxylic acids is 1. The van der Waals surface area contributed by atoms with Crippen LogP contribution < -0.4 is 15.5 Å². The molecule has 162 valence electrons. The van der Waals surface area contributed by atoms with E-state index < -0.39 is 27.5 Å². The molecule has 0 bridgehead atoms. The maximum atomic E-state index is 12.8. The van der Waals surface area contributed by atoms with Crippen LogP contribution in [-0.4, -0.2) is 37.9 Å². The Morgan fingerprint density at radius 3 is 2.06 bits per heavy atom. The summed E-state index contributed by atoms with van der Waals surface area (Å²) in [5.41, 5.74) is 2.59. The number of nitrogens with one attached hydrogen (secondary N) is 2. The minimum Gasteiger partial charge on any atom is -0.457 e. The van der Waals surface area contributed by atoms with Crippen LogP contribution in [0.25, 0.3) is 0 Å². The van der Waals surface area contributed by atoms with E-state index in [0.29, 0.717) is 24.5 Å². The lowest BCUT2D eigenvalue weighted by Gasteiger charge is -2.17. The molecule has 0 heterocycles. The molecule has 3 N–H and O–H groups in total. The van der Waals surface area contributed by atoms with Gasteiger partial charge >= 0.3 is 0 Å². The first-order valence-corrected chi connectivity index (χ1v) is 11.4. The minimum atomic E-state index is -3.79. The average molecular weight is 441 g/mol. The smallest absolute Gasteiger partial charge is 0.261 e. The van der Waals surface area contributed by atoms with Crippen molar-refractivity contribution in [3.63, 3.8) is 0 Å². The molecule has 31 heavy (non-hydrogen) atoms. The third kappa shape index (κ3) is 6.65. The molecule has 0 radical (unpaired) electrons. The van der Waals surface area contributed by atoms with Crippen molar-refractivity contribution in [2.75, 3.05) is 12.3 Å². The molecule has 0 fully saturated rings. The second-order valence-electron chi connectivity index (χ2n) is 6.89. The van der Waals surface area contributed by atoms with E-state index in [1.807, 2.05) is 48.5 Å². The Morgan fingerprint density at radius 2 is 1.45 bits per heavy atom. The number of rotatable bonds is 10. The molecule has 1 atom stereocenters. The summed E-state index contributed by atoms with van der Waals surface area (Å²) < 4.78 is 31.3. The highest BCUT2D eigenvalue weighted by Gasteiger charge is 2.26. The van der Waals surface area contributed by atoms with Gasteiger partial charge in [0.1, 0.15) is 17.5 Å². The van der Waals surface area contributed by atoms with Gasteiger partial charge in [-0.3, -0.25) is 10.0 Å². The summed E-state index contributed by atoms with van der Waals surface area (Å²) in [5, 5.41) is 11.9. The second kappa shape index (κ2) is 10.7. The molecule has 3 aromatic carbocycles. The van der Waals surface area contributed by atoms with E-state index in [9.17, 15) is 13.2 Å². The van der Waals surface area contributed by atoms with Gasteiger partial charge in [0.25, 0.3) is 5.91 Å². The van der Waals surface area contributed by atoms with Gasteiger partial charge in [-0.1, -0.05) is 48.5 Å². The molecule has 1 amide bonds. The molecule has 0 aromatic heterocycles. The largest absolute Gasteiger partial charge is 0.457 e. The van der Waals surface area contributed by atoms with Crippen LogP contribution in [0.4, 0.5) is 0 Å². The molecule has 0 aliphatic carbocycles. The lowest BCUT2D eigenvalue weighted by molar-refractivity contribution is -0.130. The van der Waals surface area contributed by atoms with Crippen molar-refractivity contribution in [2.24, 2.45) is 0 Å². The lowest BCUT2D eigenvalue weighted by Crippen LogP contribution is -2.48. The van der Waals surface area contributed by atoms with E-state index >= 15 is 0 Å². The quantitative estimate of drug-likeness (QED) is 0.331. The van der Waals surface area contributed by atoms with Crippen molar-refractivity contribution in [3.05, 3.63) is 90.5 Å². The van der Waals surface area contributed by atoms with Crippen LogP contribution in [0.1, 0.15) is 5.56 Å². The molecule has 0 aliphatic heterocycles. The molecular formula is C23H24N2O5S. The molecule has 7 nitrogen and oxygen atoms in total. The van der Waals surface area contributed by atoms with Crippen molar-refractivity contribution in [2.45, 2.75) is 17.4 Å². The van der Waals surface area contributed by atoms with Gasteiger partial charge < -0.3 is 10.1 Å². The molecule has 8 heteroatoms. The Bertz CT molecular complexity index is 1070. The summed E-state index contributed by atoms with van der Waals surface area (Å²) in [7, 11) is -3.79. The highest BCUT2D eigenvalue weighted by Crippen LogP contribution is 2.23. The van der Waals surface area contributed by atoms with Crippen LogP contribution in [0.15, 0.2) is 89.8 Å². The molecule has 0 aliphatic rings. The number of hydrogen-bond donors (Lipinski definition) is 3. The third-order valence-electron chi connectivity index (χ3n) is 4.62. The fourth-order valence-electron chi connectivity index (χ4n) is 3.00. The van der Waals surface area contributed by atoms with Gasteiger partial charge in [0.05, 0.1) is 10.6 Å². The zero-order chi connectivity index (χ0) is 22.1. The van der Waals surface area contributed by atoms with Gasteiger partial charge in [-0.15, -0.1) is 0 Å². The van der Waals surface area contributed by atoms with Crippen LogP contribution in [0.2, 0.25) is 0 Å². The van der Waals surface area contributed by atoms with E-state index in [4.69, 9.17) is 9.94 Å². The molecule has 0 spiro atoms. The number of hydrogen-bond acceptors (Lipinski definition) is 6. The Hall–Kier alpha value is -3.20. The molecule has 1 unspecified atom stereocenters. The zero-order valence-electron chi connectivity index (χ0n) is 16.8. The van der Waals surface area contributed by atoms with Gasteiger partial charge in [0.2, 0.25) is 0 Å². The summed E-state index contributed by atoms with van der Waals surface area (Å²) >= 11 is 0. The monoisotopic (exact) mass is 440 g/mol. The van der Waals surface area contributed by atoms with E-state index in [0.717, 1.165) is 5.56 Å². The lowest BCUT2D eigenvalue weighted by atomic mass is 10.1. The number of benzene rings is 3. The third-order valence-corrected chi connectivity index (χ3v) is 6.38. The molecule has 3 aromatic rings. The van der Waals surface area contributed by atoms with Crippen LogP contribution >= 0.6 is 0 Å². The highest BCUT2D eigenvalue weighted by atomic mass is 32.2. The summed E-state index contributed by atoms with van der Waals surface area (Å²) in [4.78, 5) is 12.1. The van der Waals surface area contributed by atoms with Crippen molar-refractivity contribution >= 4 is 15.7 Å². The molecule has 0 saturated carbocycles. The van der Waals surface area contributed by atoms with Crippen molar-refractivity contribution in [1.82, 2.24) is 10.8 Å². The first-order chi connectivity index (χ1) is 15.0. The number of amides is 1. The van der Waals surface area contributed by atoms with Crippen molar-refractivity contribution in [1.29, 1.82) is 0 Å². The van der Waals surface area contributed by atoms with Gasteiger partial charge in [-0.05, 0) is 54.9 Å². The fourth-order valence-corrected chi connectivity index (χ4v) is 4.45. The molecular weight excluding hydrogens is 416 g/mol. The predicted octanol–water partition coefficient (Wildman–Crippen LogP) is 2.96. The normalized spacial score (nSPS) is 12.2. The predicted molar refractivity (Wildman–Crippen MR) is 117 cm³/mol. The number of ether oxygens (including phenoxy) is 1. The Balaban J connectivity index is 1.64. The van der Waals surface area contributed by atoms with Crippen LogP contribution in [0.3, 0.4) is 0 Å². The van der Waals surface area contributed by atoms with E-state index in [2.05, 4.69) is 5.32 Å². The maximum Gasteiger partial charge on any atom is 0.261 e. The van der Waals surface area contributed by atoms with Gasteiger partial charge in [0.15, 0.2) is 9.84 Å². The van der Waals surface area contributed by atoms with E-state index in [1.165, 1.54) is 17.6 Å². The van der Waals surface area contributed by atoms with Crippen molar-refractivity contribution < 1.29 is 23.2 Å². The van der Waals surface area contributed by atoms with Crippen LogP contribution in [0.5, 0.6) is 11.5 Å². The molecule has 0 saturated heterocycles. The van der Waals surface area contributed by atoms with Gasteiger partial charge in [-0.2, -0.15) is 0 Å². The van der Waals surface area contributed by atoms with Crippen LogP contribution in [0, 0.1) is 0 Å².